The van der Waals surface area contributed by atoms with Crippen LogP contribution >= 0.6 is 0 Å². The van der Waals surface area contributed by atoms with E-state index in [9.17, 15) is 4.79 Å². The monoisotopic (exact) mass is 417 g/mol. The maximum Gasteiger partial charge on any atom is 0.278 e. The molecule has 0 fully saturated rings. The SMILES string of the molecule is CCc1nn2c(C)c(C(=O)Nc3ccccc3)nnc2c1-c1ccc(OC)c(OC)c1. The van der Waals surface area contributed by atoms with Crippen molar-refractivity contribution in [3.8, 4) is 22.6 Å². The molecule has 0 saturated heterocycles. The van der Waals surface area contributed by atoms with Gasteiger partial charge >= 0.3 is 0 Å². The summed E-state index contributed by atoms with van der Waals surface area (Å²) >= 11 is 0. The largest absolute Gasteiger partial charge is 0.493 e. The summed E-state index contributed by atoms with van der Waals surface area (Å²) in [6.45, 7) is 3.84. The summed E-state index contributed by atoms with van der Waals surface area (Å²) in [7, 11) is 3.20. The van der Waals surface area contributed by atoms with E-state index < -0.39 is 0 Å². The van der Waals surface area contributed by atoms with Crippen LogP contribution < -0.4 is 14.8 Å². The van der Waals surface area contributed by atoms with Crippen molar-refractivity contribution in [2.24, 2.45) is 0 Å². The van der Waals surface area contributed by atoms with Crippen molar-refractivity contribution in [1.82, 2.24) is 19.8 Å². The minimum atomic E-state index is -0.334. The first-order valence-corrected chi connectivity index (χ1v) is 9.91. The summed E-state index contributed by atoms with van der Waals surface area (Å²) in [6, 6.07) is 14.9. The van der Waals surface area contributed by atoms with Crippen LogP contribution in [0.5, 0.6) is 11.5 Å². The number of nitrogens with zero attached hydrogens (tertiary/aromatic N) is 4. The van der Waals surface area contributed by atoms with Crippen molar-refractivity contribution in [1.29, 1.82) is 0 Å². The third kappa shape index (κ3) is 3.68. The number of nitrogens with one attached hydrogen (secondary N) is 1. The van der Waals surface area contributed by atoms with Gasteiger partial charge in [-0.1, -0.05) is 31.2 Å². The van der Waals surface area contributed by atoms with Crippen LogP contribution in [0.25, 0.3) is 16.8 Å². The highest BCUT2D eigenvalue weighted by atomic mass is 16.5. The molecule has 0 radical (unpaired) electrons. The number of rotatable bonds is 6. The van der Waals surface area contributed by atoms with Crippen molar-refractivity contribution < 1.29 is 14.3 Å². The van der Waals surface area contributed by atoms with Gasteiger partial charge < -0.3 is 14.8 Å². The molecule has 4 aromatic rings. The summed E-state index contributed by atoms with van der Waals surface area (Å²) in [5.74, 6) is 0.923. The number of aryl methyl sites for hydroxylation is 2. The quantitative estimate of drug-likeness (QED) is 0.511. The Morgan fingerprint density at radius 2 is 1.77 bits per heavy atom. The van der Waals surface area contributed by atoms with Gasteiger partial charge in [-0.15, -0.1) is 10.2 Å². The Morgan fingerprint density at radius 3 is 2.45 bits per heavy atom. The van der Waals surface area contributed by atoms with Gasteiger partial charge in [0.15, 0.2) is 22.8 Å². The molecule has 0 saturated carbocycles. The maximum atomic E-state index is 12.8. The summed E-state index contributed by atoms with van der Waals surface area (Å²) in [5, 5.41) is 16.2. The Morgan fingerprint density at radius 1 is 1.03 bits per heavy atom. The Bertz CT molecular complexity index is 1250. The van der Waals surface area contributed by atoms with Crippen molar-refractivity contribution in [3.63, 3.8) is 0 Å². The highest BCUT2D eigenvalue weighted by molar-refractivity contribution is 6.03. The molecule has 0 aliphatic carbocycles. The molecule has 2 aromatic carbocycles. The Balaban J connectivity index is 1.80. The molecule has 0 bridgehead atoms. The normalized spacial score (nSPS) is 10.8. The minimum absolute atomic E-state index is 0.223. The fraction of sp³-hybridized carbons (Fsp3) is 0.217. The highest BCUT2D eigenvalue weighted by Gasteiger charge is 2.22. The molecule has 1 N–H and O–H groups in total. The van der Waals surface area contributed by atoms with Crippen LogP contribution in [-0.2, 0) is 6.42 Å². The zero-order valence-corrected chi connectivity index (χ0v) is 17.8. The van der Waals surface area contributed by atoms with Crippen LogP contribution in [0.2, 0.25) is 0 Å². The first-order valence-electron chi connectivity index (χ1n) is 9.91. The third-order valence-electron chi connectivity index (χ3n) is 5.09. The van der Waals surface area contributed by atoms with Gasteiger partial charge in [-0.2, -0.15) is 5.10 Å². The van der Waals surface area contributed by atoms with E-state index in [1.807, 2.05) is 62.4 Å². The number of hydrogen-bond donors (Lipinski definition) is 1. The summed E-state index contributed by atoms with van der Waals surface area (Å²) in [6.07, 6.45) is 0.692. The van der Waals surface area contributed by atoms with Gasteiger partial charge in [-0.25, -0.2) is 4.52 Å². The summed E-state index contributed by atoms with van der Waals surface area (Å²) in [5.41, 5.74) is 4.70. The second-order valence-electron chi connectivity index (χ2n) is 6.93. The molecule has 8 nitrogen and oxygen atoms in total. The summed E-state index contributed by atoms with van der Waals surface area (Å²) in [4.78, 5) is 12.8. The molecule has 0 aliphatic heterocycles. The van der Waals surface area contributed by atoms with Crippen LogP contribution in [0.3, 0.4) is 0 Å². The van der Waals surface area contributed by atoms with E-state index >= 15 is 0 Å². The van der Waals surface area contributed by atoms with Gasteiger partial charge in [0.1, 0.15) is 0 Å². The standard InChI is InChI=1S/C23H23N5O3/c1-5-17-20(15-11-12-18(30-3)19(13-15)31-4)22-26-25-21(14(2)28(22)27-17)23(29)24-16-9-7-6-8-10-16/h6-13H,5H2,1-4H3,(H,24,29). The lowest BCUT2D eigenvalue weighted by molar-refractivity contribution is 0.102. The lowest BCUT2D eigenvalue weighted by atomic mass is 10.0. The van der Waals surface area contributed by atoms with Gasteiger partial charge in [0, 0.05) is 5.69 Å². The van der Waals surface area contributed by atoms with E-state index in [1.165, 1.54) is 0 Å². The van der Waals surface area contributed by atoms with E-state index in [1.54, 1.807) is 18.7 Å². The zero-order valence-electron chi connectivity index (χ0n) is 17.8. The van der Waals surface area contributed by atoms with Crippen molar-refractivity contribution >= 4 is 17.2 Å². The Labute approximate surface area is 179 Å². The van der Waals surface area contributed by atoms with Gasteiger partial charge in [0.2, 0.25) is 0 Å². The van der Waals surface area contributed by atoms with E-state index in [2.05, 4.69) is 15.5 Å². The summed E-state index contributed by atoms with van der Waals surface area (Å²) < 4.78 is 12.5. The number of ether oxygens (including phenoxy) is 2. The second-order valence-corrected chi connectivity index (χ2v) is 6.93. The topological polar surface area (TPSA) is 90.6 Å². The number of carbonyl (C=O) groups excluding carboxylic acids is 1. The molecule has 2 aromatic heterocycles. The predicted molar refractivity (Wildman–Crippen MR) is 118 cm³/mol. The first-order chi connectivity index (χ1) is 15.1. The smallest absolute Gasteiger partial charge is 0.278 e. The van der Waals surface area contributed by atoms with E-state index in [0.29, 0.717) is 34.9 Å². The van der Waals surface area contributed by atoms with Crippen molar-refractivity contribution in [3.05, 3.63) is 65.6 Å². The second kappa shape index (κ2) is 8.43. The lowest BCUT2D eigenvalue weighted by Crippen LogP contribution is -2.18. The third-order valence-corrected chi connectivity index (χ3v) is 5.09. The number of fused-ring (bicyclic) bond motifs is 1. The van der Waals surface area contributed by atoms with Crippen LogP contribution in [0.15, 0.2) is 48.5 Å². The van der Waals surface area contributed by atoms with Crippen LogP contribution in [0, 0.1) is 6.92 Å². The average molecular weight is 417 g/mol. The number of methoxy groups -OCH3 is 2. The van der Waals surface area contributed by atoms with E-state index in [-0.39, 0.29) is 11.6 Å². The van der Waals surface area contributed by atoms with Crippen LogP contribution in [0.4, 0.5) is 5.69 Å². The van der Waals surface area contributed by atoms with Crippen molar-refractivity contribution in [2.75, 3.05) is 19.5 Å². The number of benzene rings is 2. The van der Waals surface area contributed by atoms with Gasteiger partial charge in [0.05, 0.1) is 31.2 Å². The van der Waals surface area contributed by atoms with E-state index in [0.717, 1.165) is 16.8 Å². The highest BCUT2D eigenvalue weighted by Crippen LogP contribution is 2.35. The van der Waals surface area contributed by atoms with Crippen molar-refractivity contribution in [2.45, 2.75) is 20.3 Å². The Hall–Kier alpha value is -3.94. The molecule has 2 heterocycles. The number of aromatic nitrogens is 4. The molecule has 0 unspecified atom stereocenters. The first kappa shape index (κ1) is 20.3. The molecule has 4 rings (SSSR count). The average Bonchev–Trinajstić information content (AvgIpc) is 3.19. The molecule has 31 heavy (non-hydrogen) atoms. The fourth-order valence-corrected chi connectivity index (χ4v) is 3.51. The molecule has 158 valence electrons. The van der Waals surface area contributed by atoms with Gasteiger partial charge in [-0.3, -0.25) is 4.79 Å². The van der Waals surface area contributed by atoms with Crippen LogP contribution in [0.1, 0.15) is 28.8 Å². The van der Waals surface area contributed by atoms with Gasteiger partial charge in [0.25, 0.3) is 5.91 Å². The molecule has 0 aliphatic rings. The molecule has 1 amide bonds. The fourth-order valence-electron chi connectivity index (χ4n) is 3.51. The number of para-hydroxylation sites is 1. The molecular weight excluding hydrogens is 394 g/mol. The van der Waals surface area contributed by atoms with E-state index in [4.69, 9.17) is 14.6 Å². The maximum absolute atomic E-state index is 12.8. The minimum Gasteiger partial charge on any atom is -0.493 e. The molecule has 8 heteroatoms. The van der Waals surface area contributed by atoms with Gasteiger partial charge in [-0.05, 0) is 43.2 Å². The Kier molecular flexibility index (Phi) is 5.53. The molecular formula is C23H23N5O3. The zero-order chi connectivity index (χ0) is 22.0. The number of anilines is 1. The van der Waals surface area contributed by atoms with Crippen LogP contribution in [-0.4, -0.2) is 39.9 Å². The molecule has 0 spiro atoms. The molecule has 0 atom stereocenters. The number of carbonyl (C=O) groups is 1. The lowest BCUT2D eigenvalue weighted by Gasteiger charge is -2.10. The predicted octanol–water partition coefficient (Wildman–Crippen LogP) is 3.93. The number of hydrogen-bond acceptors (Lipinski definition) is 6. The number of amides is 1.